The summed E-state index contributed by atoms with van der Waals surface area (Å²) >= 11 is 0. The summed E-state index contributed by atoms with van der Waals surface area (Å²) in [5.74, 6) is 0.0913. The van der Waals surface area contributed by atoms with Crippen molar-refractivity contribution in [3.05, 3.63) is 11.3 Å². The van der Waals surface area contributed by atoms with E-state index in [4.69, 9.17) is 0 Å². The van der Waals surface area contributed by atoms with E-state index in [-0.39, 0.29) is 11.6 Å². The van der Waals surface area contributed by atoms with Gasteiger partial charge >= 0.3 is 0 Å². The highest BCUT2D eigenvalue weighted by molar-refractivity contribution is 6.87. The topological polar surface area (TPSA) is 34.1 Å². The van der Waals surface area contributed by atoms with Crippen LogP contribution in [0.15, 0.2) is 11.3 Å². The molecule has 0 aromatic rings. The summed E-state index contributed by atoms with van der Waals surface area (Å²) in [6.07, 6.45) is 2.01. The van der Waals surface area contributed by atoms with E-state index in [1.807, 2.05) is 0 Å². The van der Waals surface area contributed by atoms with Crippen LogP contribution < -0.4 is 0 Å². The first kappa shape index (κ1) is 12.3. The third-order valence-electron chi connectivity index (χ3n) is 1.84. The Morgan fingerprint density at radius 3 is 1.92 bits per heavy atom. The van der Waals surface area contributed by atoms with E-state index < -0.39 is 8.07 Å². The summed E-state index contributed by atoms with van der Waals surface area (Å²) in [5, 5.41) is 0.749. The maximum Gasteiger partial charge on any atom is 0.155 e. The number of Topliss-reactive ketones (excluding diaryl/α,β-unsaturated/α-hetero) is 1. The molecule has 0 bridgehead atoms. The van der Waals surface area contributed by atoms with Gasteiger partial charge in [-0.2, -0.15) is 0 Å². The lowest BCUT2D eigenvalue weighted by molar-refractivity contribution is -0.116. The average molecular weight is 198 g/mol. The quantitative estimate of drug-likeness (QED) is 0.513. The molecule has 0 N–H and O–H groups in total. The van der Waals surface area contributed by atoms with Gasteiger partial charge in [-0.05, 0) is 18.2 Å². The molecule has 0 spiro atoms. The molecule has 0 unspecified atom stereocenters. The van der Waals surface area contributed by atoms with Gasteiger partial charge in [-0.15, -0.1) is 0 Å². The highest BCUT2D eigenvalue weighted by atomic mass is 28.3. The van der Waals surface area contributed by atoms with Crippen molar-refractivity contribution in [2.75, 3.05) is 0 Å². The summed E-state index contributed by atoms with van der Waals surface area (Å²) in [6, 6.07) is 0. The van der Waals surface area contributed by atoms with Crippen LogP contribution in [0.4, 0.5) is 0 Å². The number of allylic oxidation sites excluding steroid dienone is 2. The second kappa shape index (κ2) is 4.51. The van der Waals surface area contributed by atoms with Crippen LogP contribution in [0.1, 0.15) is 20.3 Å². The fourth-order valence-corrected chi connectivity index (χ4v) is 2.76. The number of hydrogen-bond acceptors (Lipinski definition) is 2. The predicted octanol–water partition coefficient (Wildman–Crippen LogP) is 2.36. The molecule has 0 fully saturated rings. The third kappa shape index (κ3) is 4.17. The molecule has 74 valence electrons. The molecule has 0 saturated carbocycles. The first-order chi connectivity index (χ1) is 5.79. The third-order valence-corrected chi connectivity index (χ3v) is 3.95. The van der Waals surface area contributed by atoms with Gasteiger partial charge in [0.15, 0.2) is 11.6 Å². The molecule has 0 aliphatic rings. The molecule has 0 atom stereocenters. The van der Waals surface area contributed by atoms with Gasteiger partial charge in [-0.1, -0.05) is 26.6 Å². The molecule has 0 aliphatic carbocycles. The molecular weight excluding hydrogens is 180 g/mol. The molecule has 0 aromatic carbocycles. The van der Waals surface area contributed by atoms with Crippen molar-refractivity contribution in [1.82, 2.24) is 0 Å². The fraction of sp³-hybridized carbons (Fsp3) is 0.600. The Morgan fingerprint density at radius 2 is 1.69 bits per heavy atom. The van der Waals surface area contributed by atoms with Gasteiger partial charge in [-0.25, -0.2) is 0 Å². The minimum Gasteiger partial charge on any atom is -0.295 e. The molecule has 2 nitrogen and oxygen atoms in total. The maximum atomic E-state index is 11.3. The first-order valence-corrected chi connectivity index (χ1v) is 8.05. The minimum atomic E-state index is -1.64. The second-order valence-electron chi connectivity index (χ2n) is 4.18. The zero-order valence-electron chi connectivity index (χ0n) is 9.10. The lowest BCUT2D eigenvalue weighted by Crippen LogP contribution is -2.29. The van der Waals surface area contributed by atoms with E-state index in [9.17, 15) is 9.59 Å². The summed E-state index contributed by atoms with van der Waals surface area (Å²) in [7, 11) is -1.64. The minimum absolute atomic E-state index is 0.0426. The predicted molar refractivity (Wildman–Crippen MR) is 57.4 cm³/mol. The Balaban J connectivity index is 4.93. The lowest BCUT2D eigenvalue weighted by Gasteiger charge is -2.17. The Bertz CT molecular complexity index is 246. The van der Waals surface area contributed by atoms with Crippen molar-refractivity contribution >= 4 is 19.6 Å². The van der Waals surface area contributed by atoms with Gasteiger partial charge in [0.1, 0.15) is 0 Å². The fourth-order valence-electron chi connectivity index (χ4n) is 1.11. The van der Waals surface area contributed by atoms with Crippen molar-refractivity contribution in [2.45, 2.75) is 39.9 Å². The number of carbonyl (C=O) groups excluding carboxylic acids is 2. The average Bonchev–Trinajstić information content (AvgIpc) is 1.96. The van der Waals surface area contributed by atoms with Crippen LogP contribution in [-0.4, -0.2) is 19.6 Å². The van der Waals surface area contributed by atoms with E-state index in [0.29, 0.717) is 6.42 Å². The molecule has 0 saturated heterocycles. The van der Waals surface area contributed by atoms with Gasteiger partial charge < -0.3 is 0 Å². The van der Waals surface area contributed by atoms with E-state index in [1.165, 1.54) is 13.0 Å². The number of carbonyl (C=O) groups is 2. The summed E-state index contributed by atoms with van der Waals surface area (Å²) in [6.45, 7) is 9.56. The van der Waals surface area contributed by atoms with Crippen LogP contribution in [0.25, 0.3) is 0 Å². The van der Waals surface area contributed by atoms with Crippen molar-refractivity contribution in [1.29, 1.82) is 0 Å². The molecule has 13 heavy (non-hydrogen) atoms. The van der Waals surface area contributed by atoms with Crippen LogP contribution in [0.5, 0.6) is 0 Å². The van der Waals surface area contributed by atoms with Crippen molar-refractivity contribution in [3.8, 4) is 0 Å². The van der Waals surface area contributed by atoms with Crippen LogP contribution in [0, 0.1) is 0 Å². The van der Waals surface area contributed by atoms with Crippen molar-refractivity contribution < 1.29 is 9.59 Å². The summed E-state index contributed by atoms with van der Waals surface area (Å²) < 4.78 is 0. The van der Waals surface area contributed by atoms with Gasteiger partial charge in [0, 0.05) is 6.42 Å². The van der Waals surface area contributed by atoms with E-state index in [2.05, 4.69) is 19.6 Å². The van der Waals surface area contributed by atoms with Gasteiger partial charge in [0.2, 0.25) is 0 Å². The molecule has 0 amide bonds. The van der Waals surface area contributed by atoms with E-state index >= 15 is 0 Å². The Labute approximate surface area is 81.0 Å². The van der Waals surface area contributed by atoms with Crippen LogP contribution in [-0.2, 0) is 9.59 Å². The highest BCUT2D eigenvalue weighted by Crippen LogP contribution is 2.15. The molecule has 0 aliphatic heterocycles. The van der Waals surface area contributed by atoms with Gasteiger partial charge in [-0.3, -0.25) is 9.59 Å². The van der Waals surface area contributed by atoms with Crippen LogP contribution in [0.2, 0.25) is 19.6 Å². The maximum absolute atomic E-state index is 11.3. The van der Waals surface area contributed by atoms with Gasteiger partial charge in [0.05, 0.1) is 8.07 Å². The molecule has 0 radical (unpaired) electrons. The number of ketones is 2. The second-order valence-corrected chi connectivity index (χ2v) is 9.22. The Morgan fingerprint density at radius 1 is 1.23 bits per heavy atom. The normalized spacial score (nSPS) is 12.8. The Hall–Kier alpha value is -0.703. The number of rotatable bonds is 4. The van der Waals surface area contributed by atoms with Gasteiger partial charge in [0.25, 0.3) is 0 Å². The monoisotopic (exact) mass is 198 g/mol. The first-order valence-electron chi connectivity index (χ1n) is 4.55. The Kier molecular flexibility index (Phi) is 4.27. The zero-order valence-corrected chi connectivity index (χ0v) is 10.1. The standard InChI is InChI=1S/C10H18O2Si/c1-6-9(12)7-10(8(2)11)13(3,4)5/h7H,6H2,1-5H3/b10-7+. The molecular formula is C10H18O2Si. The molecule has 0 rings (SSSR count). The largest absolute Gasteiger partial charge is 0.295 e. The van der Waals surface area contributed by atoms with E-state index in [1.54, 1.807) is 6.92 Å². The van der Waals surface area contributed by atoms with Crippen molar-refractivity contribution in [3.63, 3.8) is 0 Å². The van der Waals surface area contributed by atoms with Crippen molar-refractivity contribution in [2.24, 2.45) is 0 Å². The van der Waals surface area contributed by atoms with Crippen LogP contribution >= 0.6 is 0 Å². The molecule has 3 heteroatoms. The smallest absolute Gasteiger partial charge is 0.155 e. The zero-order chi connectivity index (χ0) is 10.6. The summed E-state index contributed by atoms with van der Waals surface area (Å²) in [4.78, 5) is 22.4. The summed E-state index contributed by atoms with van der Waals surface area (Å²) in [5.41, 5.74) is 0. The van der Waals surface area contributed by atoms with E-state index in [0.717, 1.165) is 5.20 Å². The number of hydrogen-bond donors (Lipinski definition) is 0. The van der Waals surface area contributed by atoms with Crippen LogP contribution in [0.3, 0.4) is 0 Å². The lowest BCUT2D eigenvalue weighted by atomic mass is 10.2. The SMILES string of the molecule is CCC(=O)/C=C(\C(C)=O)[Si](C)(C)C. The highest BCUT2D eigenvalue weighted by Gasteiger charge is 2.23. The molecule has 0 heterocycles. The molecule has 0 aromatic heterocycles.